The van der Waals surface area contributed by atoms with E-state index in [1.807, 2.05) is 0 Å². The number of halogens is 4. The minimum atomic E-state index is -4.32. The highest BCUT2D eigenvalue weighted by Crippen LogP contribution is 2.30. The van der Waals surface area contributed by atoms with Gasteiger partial charge in [0.1, 0.15) is 18.4 Å². The van der Waals surface area contributed by atoms with Crippen LogP contribution in [0.4, 0.5) is 10.1 Å². The Labute approximate surface area is 267 Å². The SMILES string of the molecule is CC[C@H](C(=O)NC1CCCCC1)N(Cc1c(Cl)cccc1Cl)C(=O)CN(c1ccc(F)c(Cl)c1)S(=O)(=O)c1ccccc1. The smallest absolute Gasteiger partial charge is 0.264 e. The Hall–Kier alpha value is -2.85. The Bertz CT molecular complexity index is 1530. The van der Waals surface area contributed by atoms with Crippen LogP contribution in [-0.4, -0.2) is 43.8 Å². The quantitative estimate of drug-likeness (QED) is 0.234. The number of hydrogen-bond donors (Lipinski definition) is 1. The molecule has 0 radical (unpaired) electrons. The molecule has 1 saturated carbocycles. The average molecular weight is 669 g/mol. The van der Waals surface area contributed by atoms with Crippen LogP contribution >= 0.6 is 34.8 Å². The van der Waals surface area contributed by atoms with E-state index < -0.39 is 34.3 Å². The van der Waals surface area contributed by atoms with Gasteiger partial charge in [-0.1, -0.05) is 85.3 Å². The molecule has 4 rings (SSSR count). The minimum absolute atomic E-state index is 0.00697. The number of rotatable bonds is 11. The minimum Gasteiger partial charge on any atom is -0.352 e. The number of carbonyl (C=O) groups is 2. The van der Waals surface area contributed by atoms with E-state index in [-0.39, 0.29) is 40.5 Å². The third-order valence-corrected chi connectivity index (χ3v) is 10.3. The zero-order valence-corrected chi connectivity index (χ0v) is 26.7. The van der Waals surface area contributed by atoms with Gasteiger partial charge >= 0.3 is 0 Å². The molecular weight excluding hydrogens is 636 g/mol. The van der Waals surface area contributed by atoms with E-state index in [9.17, 15) is 22.4 Å². The summed E-state index contributed by atoms with van der Waals surface area (Å²) in [6.45, 7) is 0.934. The number of sulfonamides is 1. The monoisotopic (exact) mass is 667 g/mol. The Morgan fingerprint density at radius 1 is 0.930 bits per heavy atom. The van der Waals surface area contributed by atoms with Crippen LogP contribution in [0.15, 0.2) is 71.6 Å². The number of benzene rings is 3. The summed E-state index contributed by atoms with van der Waals surface area (Å²) in [7, 11) is -4.32. The second kappa shape index (κ2) is 14.8. The fourth-order valence-corrected chi connectivity index (χ4v) is 7.32. The summed E-state index contributed by atoms with van der Waals surface area (Å²) >= 11 is 19.0. The van der Waals surface area contributed by atoms with E-state index in [0.29, 0.717) is 15.6 Å². The van der Waals surface area contributed by atoms with Crippen LogP contribution < -0.4 is 9.62 Å². The predicted octanol–water partition coefficient (Wildman–Crippen LogP) is 7.24. The maximum Gasteiger partial charge on any atom is 0.264 e. The molecule has 0 saturated heterocycles. The number of nitrogens with zero attached hydrogens (tertiary/aromatic N) is 2. The molecular formula is C31H33Cl3FN3O4S. The van der Waals surface area contributed by atoms with Crippen molar-refractivity contribution in [3.8, 4) is 0 Å². The van der Waals surface area contributed by atoms with Crippen molar-refractivity contribution in [1.29, 1.82) is 0 Å². The van der Waals surface area contributed by atoms with Crippen LogP contribution in [0.25, 0.3) is 0 Å². The first-order valence-corrected chi connectivity index (χ1v) is 16.7. The predicted molar refractivity (Wildman–Crippen MR) is 168 cm³/mol. The Morgan fingerprint density at radius 2 is 1.58 bits per heavy atom. The average Bonchev–Trinajstić information content (AvgIpc) is 2.99. The lowest BCUT2D eigenvalue weighted by molar-refractivity contribution is -0.140. The van der Waals surface area contributed by atoms with Crippen molar-refractivity contribution in [2.45, 2.75) is 69.0 Å². The maximum atomic E-state index is 14.2. The summed E-state index contributed by atoms with van der Waals surface area (Å²) in [5.41, 5.74) is 0.407. The normalized spacial score (nSPS) is 14.6. The van der Waals surface area contributed by atoms with E-state index in [4.69, 9.17) is 34.8 Å². The molecule has 12 heteroatoms. The van der Waals surface area contributed by atoms with Crippen molar-refractivity contribution in [3.63, 3.8) is 0 Å². The third kappa shape index (κ3) is 8.01. The van der Waals surface area contributed by atoms with E-state index in [0.717, 1.165) is 48.5 Å². The van der Waals surface area contributed by atoms with Crippen molar-refractivity contribution in [2.75, 3.05) is 10.8 Å². The molecule has 1 fully saturated rings. The number of carbonyl (C=O) groups excluding carboxylic acids is 2. The molecule has 7 nitrogen and oxygen atoms in total. The zero-order chi connectivity index (χ0) is 31.1. The first kappa shape index (κ1) is 33.1. The van der Waals surface area contributed by atoms with Gasteiger partial charge in [-0.25, -0.2) is 12.8 Å². The summed E-state index contributed by atoms with van der Waals surface area (Å²) in [6, 6.07) is 14.9. The third-order valence-electron chi connectivity index (χ3n) is 7.53. The van der Waals surface area contributed by atoms with E-state index >= 15 is 0 Å². The lowest BCUT2D eigenvalue weighted by atomic mass is 9.95. The standard InChI is InChI=1S/C31H33Cl3FN3O4S/c1-2-29(31(40)36-21-10-5-3-6-11-21)37(19-24-25(32)14-9-15-26(24)33)30(39)20-38(22-16-17-28(35)27(34)18-22)43(41,42)23-12-7-4-8-13-23/h4,7-9,12-18,21,29H,2-3,5-6,10-11,19-20H2,1H3,(H,36,40)/t29-/m1/s1. The van der Waals surface area contributed by atoms with Crippen molar-refractivity contribution < 1.29 is 22.4 Å². The summed E-state index contributed by atoms with van der Waals surface area (Å²) < 4.78 is 42.7. The molecule has 0 unspecified atom stereocenters. The van der Waals surface area contributed by atoms with Gasteiger partial charge < -0.3 is 10.2 Å². The molecule has 0 spiro atoms. The van der Waals surface area contributed by atoms with Crippen LogP contribution in [0.1, 0.15) is 51.0 Å². The zero-order valence-electron chi connectivity index (χ0n) is 23.6. The topological polar surface area (TPSA) is 86.8 Å². The first-order valence-electron chi connectivity index (χ1n) is 14.1. The van der Waals surface area contributed by atoms with Gasteiger partial charge in [0.25, 0.3) is 10.0 Å². The highest BCUT2D eigenvalue weighted by molar-refractivity contribution is 7.92. The fourth-order valence-electron chi connectivity index (χ4n) is 5.21. The highest BCUT2D eigenvalue weighted by atomic mass is 35.5. The van der Waals surface area contributed by atoms with Crippen molar-refractivity contribution in [2.24, 2.45) is 0 Å². The molecule has 1 atom stereocenters. The van der Waals surface area contributed by atoms with E-state index in [1.54, 1.807) is 43.3 Å². The van der Waals surface area contributed by atoms with E-state index in [2.05, 4.69) is 5.32 Å². The molecule has 1 aliphatic rings. The van der Waals surface area contributed by atoms with Crippen molar-refractivity contribution in [1.82, 2.24) is 10.2 Å². The summed E-state index contributed by atoms with van der Waals surface area (Å²) in [5.74, 6) is -1.76. The van der Waals surface area contributed by atoms with Gasteiger partial charge in [0.15, 0.2) is 0 Å². The van der Waals surface area contributed by atoms with Gasteiger partial charge in [-0.15, -0.1) is 0 Å². The molecule has 3 aromatic carbocycles. The van der Waals surface area contributed by atoms with E-state index in [1.165, 1.54) is 23.1 Å². The molecule has 0 heterocycles. The Morgan fingerprint density at radius 3 is 2.19 bits per heavy atom. The van der Waals surface area contributed by atoms with Crippen LogP contribution in [0, 0.1) is 5.82 Å². The number of amides is 2. The second-order valence-electron chi connectivity index (χ2n) is 10.4. The molecule has 1 N–H and O–H groups in total. The van der Waals surface area contributed by atoms with Crippen LogP contribution in [0.2, 0.25) is 15.1 Å². The largest absolute Gasteiger partial charge is 0.352 e. The summed E-state index contributed by atoms with van der Waals surface area (Å²) in [4.78, 5) is 29.1. The Balaban J connectivity index is 1.75. The molecule has 230 valence electrons. The molecule has 0 aromatic heterocycles. The number of anilines is 1. The van der Waals surface area contributed by atoms with Gasteiger partial charge in [0.05, 0.1) is 15.6 Å². The molecule has 0 aliphatic heterocycles. The number of nitrogens with one attached hydrogen (secondary N) is 1. The van der Waals surface area contributed by atoms with Crippen molar-refractivity contribution >= 4 is 62.3 Å². The van der Waals surface area contributed by atoms with Gasteiger partial charge in [0, 0.05) is 28.2 Å². The van der Waals surface area contributed by atoms with Crippen LogP contribution in [0.3, 0.4) is 0 Å². The van der Waals surface area contributed by atoms with Crippen molar-refractivity contribution in [3.05, 3.63) is 93.2 Å². The summed E-state index contributed by atoms with van der Waals surface area (Å²) in [5, 5.41) is 3.37. The molecule has 43 heavy (non-hydrogen) atoms. The first-order chi connectivity index (χ1) is 20.5. The van der Waals surface area contributed by atoms with Gasteiger partial charge in [-0.3, -0.25) is 13.9 Å². The highest BCUT2D eigenvalue weighted by Gasteiger charge is 2.35. The second-order valence-corrected chi connectivity index (χ2v) is 13.5. The van der Waals surface area contributed by atoms with Gasteiger partial charge in [-0.2, -0.15) is 0 Å². The molecule has 3 aromatic rings. The van der Waals surface area contributed by atoms with Crippen LogP contribution in [0.5, 0.6) is 0 Å². The Kier molecular flexibility index (Phi) is 11.3. The van der Waals surface area contributed by atoms with Gasteiger partial charge in [0.2, 0.25) is 11.8 Å². The lowest BCUT2D eigenvalue weighted by Crippen LogP contribution is -2.54. The van der Waals surface area contributed by atoms with Gasteiger partial charge in [-0.05, 0) is 61.7 Å². The molecule has 1 aliphatic carbocycles. The molecule has 0 bridgehead atoms. The number of hydrogen-bond acceptors (Lipinski definition) is 4. The molecule has 2 amide bonds. The maximum absolute atomic E-state index is 14.2. The summed E-state index contributed by atoms with van der Waals surface area (Å²) in [6.07, 6.45) is 5.07. The lowest BCUT2D eigenvalue weighted by Gasteiger charge is -2.34. The van der Waals surface area contributed by atoms with Crippen LogP contribution in [-0.2, 0) is 26.2 Å². The fraction of sp³-hybridized carbons (Fsp3) is 0.355.